The molecule has 1 atom stereocenters. The molecular weight excluding hydrogens is 362 g/mol. The van der Waals surface area contributed by atoms with Crippen LogP contribution in [-0.2, 0) is 14.3 Å². The third-order valence-electron chi connectivity index (χ3n) is 3.14. The number of amides is 1. The van der Waals surface area contributed by atoms with Crippen LogP contribution in [0.25, 0.3) is 6.08 Å². The Morgan fingerprint density at radius 1 is 1.24 bits per heavy atom. The summed E-state index contributed by atoms with van der Waals surface area (Å²) in [5.41, 5.74) is 0.698. The Morgan fingerprint density at radius 3 is 2.60 bits per heavy atom. The minimum atomic E-state index is -0.688. The van der Waals surface area contributed by atoms with E-state index >= 15 is 0 Å². The zero-order valence-corrected chi connectivity index (χ0v) is 16.4. The lowest BCUT2D eigenvalue weighted by atomic mass is 10.1. The number of thioether (sulfide) groups is 2. The van der Waals surface area contributed by atoms with Crippen molar-refractivity contribution in [1.82, 2.24) is 5.32 Å². The molecule has 6 nitrogen and oxygen atoms in total. The molecule has 0 radical (unpaired) electrons. The average Bonchev–Trinajstić information content (AvgIpc) is 2.64. The van der Waals surface area contributed by atoms with Gasteiger partial charge in [-0.05, 0) is 30.5 Å². The summed E-state index contributed by atoms with van der Waals surface area (Å²) < 4.78 is 15.2. The molecule has 8 heteroatoms. The molecule has 138 valence electrons. The second kappa shape index (κ2) is 11.7. The molecule has 1 aromatic rings. The first-order valence-electron chi connectivity index (χ1n) is 7.40. The minimum Gasteiger partial charge on any atom is -0.497 e. The number of esters is 1. The summed E-state index contributed by atoms with van der Waals surface area (Å²) in [6.07, 6.45) is 4.94. The van der Waals surface area contributed by atoms with E-state index in [1.807, 2.05) is 6.26 Å². The third kappa shape index (κ3) is 7.31. The van der Waals surface area contributed by atoms with Crippen molar-refractivity contribution < 1.29 is 23.8 Å². The van der Waals surface area contributed by atoms with Gasteiger partial charge in [0.25, 0.3) is 0 Å². The van der Waals surface area contributed by atoms with Crippen LogP contribution in [0.2, 0.25) is 0 Å². The second-order valence-corrected chi connectivity index (χ2v) is 7.06. The van der Waals surface area contributed by atoms with Crippen molar-refractivity contribution in [3.8, 4) is 11.5 Å². The zero-order valence-electron chi connectivity index (χ0n) is 14.7. The van der Waals surface area contributed by atoms with Crippen molar-refractivity contribution in [2.45, 2.75) is 6.04 Å². The van der Waals surface area contributed by atoms with Gasteiger partial charge in [-0.25, -0.2) is 4.79 Å². The molecule has 25 heavy (non-hydrogen) atoms. The van der Waals surface area contributed by atoms with Crippen LogP contribution in [-0.4, -0.2) is 56.3 Å². The Balaban J connectivity index is 2.78. The Bertz CT molecular complexity index is 607. The molecule has 0 aromatic heterocycles. The first-order valence-corrected chi connectivity index (χ1v) is 9.95. The van der Waals surface area contributed by atoms with Gasteiger partial charge in [0.05, 0.1) is 21.3 Å². The maximum atomic E-state index is 12.1. The number of nitrogens with one attached hydrogen (secondary N) is 1. The van der Waals surface area contributed by atoms with Gasteiger partial charge in [-0.15, -0.1) is 11.8 Å². The summed E-state index contributed by atoms with van der Waals surface area (Å²) in [5.74, 6) is 0.876. The highest BCUT2D eigenvalue weighted by atomic mass is 32.2. The molecule has 1 rings (SSSR count). The molecule has 0 aliphatic carbocycles. The highest BCUT2D eigenvalue weighted by Gasteiger charge is 2.20. The number of rotatable bonds is 10. The first-order chi connectivity index (χ1) is 12.0. The van der Waals surface area contributed by atoms with E-state index in [4.69, 9.17) is 14.2 Å². The van der Waals surface area contributed by atoms with Crippen LogP contribution < -0.4 is 14.8 Å². The second-order valence-electron chi connectivity index (χ2n) is 4.80. The predicted molar refractivity (Wildman–Crippen MR) is 103 cm³/mol. The van der Waals surface area contributed by atoms with Gasteiger partial charge in [0.1, 0.15) is 17.5 Å². The molecule has 0 aliphatic rings. The topological polar surface area (TPSA) is 73.9 Å². The van der Waals surface area contributed by atoms with Gasteiger partial charge in [-0.3, -0.25) is 4.79 Å². The number of hydrogen-bond acceptors (Lipinski definition) is 7. The normalized spacial score (nSPS) is 11.8. The van der Waals surface area contributed by atoms with Gasteiger partial charge in [0.15, 0.2) is 0 Å². The number of carbonyl (C=O) groups excluding carboxylic acids is 2. The molecule has 0 spiro atoms. The quantitative estimate of drug-likeness (QED) is 0.287. The molecule has 0 unspecified atom stereocenters. The monoisotopic (exact) mass is 385 g/mol. The smallest absolute Gasteiger partial charge is 0.329 e. The molecular formula is C17H23NO5S2. The minimum absolute atomic E-state index is 0.384. The van der Waals surface area contributed by atoms with E-state index in [1.54, 1.807) is 62.0 Å². The Labute approximate surface area is 156 Å². The zero-order chi connectivity index (χ0) is 18.7. The van der Waals surface area contributed by atoms with Gasteiger partial charge in [0.2, 0.25) is 5.91 Å². The van der Waals surface area contributed by atoms with Crippen molar-refractivity contribution in [3.63, 3.8) is 0 Å². The highest BCUT2D eigenvalue weighted by molar-refractivity contribution is 8.15. The van der Waals surface area contributed by atoms with Gasteiger partial charge in [-0.1, -0.05) is 0 Å². The van der Waals surface area contributed by atoms with Crippen molar-refractivity contribution in [3.05, 3.63) is 29.8 Å². The summed E-state index contributed by atoms with van der Waals surface area (Å²) in [6, 6.07) is 4.60. The summed E-state index contributed by atoms with van der Waals surface area (Å²) in [7, 11) is 4.42. The van der Waals surface area contributed by atoms with E-state index in [-0.39, 0.29) is 5.91 Å². The number of benzene rings is 1. The molecule has 1 amide bonds. The van der Waals surface area contributed by atoms with Crippen LogP contribution in [0.5, 0.6) is 11.5 Å². The number of ether oxygens (including phenoxy) is 3. The molecule has 1 N–H and O–H groups in total. The van der Waals surface area contributed by atoms with E-state index in [2.05, 4.69) is 5.32 Å². The number of carbonyl (C=O) groups is 2. The van der Waals surface area contributed by atoms with Crippen LogP contribution in [0.4, 0.5) is 0 Å². The van der Waals surface area contributed by atoms with Crippen LogP contribution in [0.3, 0.4) is 0 Å². The third-order valence-corrected chi connectivity index (χ3v) is 5.32. The Hall–Kier alpha value is -1.80. The Morgan fingerprint density at radius 2 is 2.00 bits per heavy atom. The molecule has 0 saturated carbocycles. The first kappa shape index (κ1) is 21.2. The molecule has 0 bridgehead atoms. The fourth-order valence-corrected chi connectivity index (χ4v) is 3.42. The maximum absolute atomic E-state index is 12.1. The van der Waals surface area contributed by atoms with Gasteiger partial charge >= 0.3 is 5.97 Å². The van der Waals surface area contributed by atoms with E-state index in [0.29, 0.717) is 22.8 Å². The molecule has 0 heterocycles. The van der Waals surface area contributed by atoms with Crippen molar-refractivity contribution in [2.24, 2.45) is 0 Å². The number of methoxy groups -OCH3 is 3. The van der Waals surface area contributed by atoms with Gasteiger partial charge in [0, 0.05) is 22.5 Å². The molecule has 0 fully saturated rings. The lowest BCUT2D eigenvalue weighted by molar-refractivity contribution is -0.143. The van der Waals surface area contributed by atoms with E-state index in [0.717, 1.165) is 5.08 Å². The Kier molecular flexibility index (Phi) is 9.94. The largest absolute Gasteiger partial charge is 0.497 e. The maximum Gasteiger partial charge on any atom is 0.329 e. The molecule has 0 saturated heterocycles. The lowest BCUT2D eigenvalue weighted by Crippen LogP contribution is -2.42. The van der Waals surface area contributed by atoms with Crippen LogP contribution >= 0.6 is 23.5 Å². The fraction of sp³-hybridized carbons (Fsp3) is 0.412. The summed E-state index contributed by atoms with van der Waals surface area (Å²) >= 11 is 3.21. The van der Waals surface area contributed by atoms with Crippen molar-refractivity contribution in [1.29, 1.82) is 0 Å². The van der Waals surface area contributed by atoms with Crippen LogP contribution in [0, 0.1) is 0 Å². The van der Waals surface area contributed by atoms with E-state index in [1.165, 1.54) is 13.2 Å². The lowest BCUT2D eigenvalue weighted by Gasteiger charge is -2.14. The van der Waals surface area contributed by atoms with E-state index in [9.17, 15) is 9.59 Å². The fourth-order valence-electron chi connectivity index (χ4n) is 1.92. The summed E-state index contributed by atoms with van der Waals surface area (Å²) in [6.45, 7) is 0. The van der Waals surface area contributed by atoms with Crippen LogP contribution in [0.1, 0.15) is 5.56 Å². The van der Waals surface area contributed by atoms with Gasteiger partial charge in [-0.2, -0.15) is 11.8 Å². The standard InChI is InChI=1S/C17H23NO5S2/c1-21-13-6-7-15(22-2)12(9-13)5-8-16(19)18-14(17(20)23-3)10-25-11-24-4/h5-9,14H,10-11H2,1-4H3,(H,18,19)/b8-5-/t14-/m1/s1. The van der Waals surface area contributed by atoms with Crippen molar-refractivity contribution >= 4 is 41.5 Å². The van der Waals surface area contributed by atoms with Crippen LogP contribution in [0.15, 0.2) is 24.3 Å². The highest BCUT2D eigenvalue weighted by Crippen LogP contribution is 2.25. The summed E-state index contributed by atoms with van der Waals surface area (Å²) in [5, 5.41) is 3.49. The van der Waals surface area contributed by atoms with E-state index < -0.39 is 12.0 Å². The van der Waals surface area contributed by atoms with Gasteiger partial charge < -0.3 is 19.5 Å². The number of hydrogen-bond donors (Lipinski definition) is 1. The van der Waals surface area contributed by atoms with Crippen molar-refractivity contribution in [2.75, 3.05) is 38.4 Å². The average molecular weight is 386 g/mol. The predicted octanol–water partition coefficient (Wildman–Crippen LogP) is 2.43. The molecule has 1 aromatic carbocycles. The SMILES string of the molecule is COC(=O)[C@@H](CSCSC)NC(=O)/C=C\c1cc(OC)ccc1OC. The molecule has 0 aliphatic heterocycles. The summed E-state index contributed by atoms with van der Waals surface area (Å²) in [4.78, 5) is 23.9.